The standard InChI is InChI=1S/C15H25O5P/c1-9(2)19-21(17,20-10(3)4)14-12-7-6-11(8-12)13(14)15(16)18-5/h6-7,9-14H,8H2,1-5H3/t11-,12+,13+,14-/m0/s1. The Morgan fingerprint density at radius 1 is 1.10 bits per heavy atom. The van der Waals surface area contributed by atoms with Crippen molar-refractivity contribution in [3.63, 3.8) is 0 Å². The molecule has 0 aliphatic heterocycles. The van der Waals surface area contributed by atoms with Crippen molar-refractivity contribution < 1.29 is 23.1 Å². The van der Waals surface area contributed by atoms with E-state index in [0.717, 1.165) is 6.42 Å². The zero-order valence-corrected chi connectivity index (χ0v) is 14.2. The van der Waals surface area contributed by atoms with Crippen molar-refractivity contribution in [3.8, 4) is 0 Å². The van der Waals surface area contributed by atoms with E-state index in [0.29, 0.717) is 0 Å². The second-order valence-corrected chi connectivity index (χ2v) is 8.43. The quantitative estimate of drug-likeness (QED) is 0.427. The van der Waals surface area contributed by atoms with Crippen LogP contribution in [0.25, 0.3) is 0 Å². The molecule has 0 unspecified atom stereocenters. The summed E-state index contributed by atoms with van der Waals surface area (Å²) in [5.74, 6) is -0.625. The SMILES string of the molecule is COC(=O)[C@H]1[C@@H](P(=O)(OC(C)C)OC(C)C)[C@@H]2C=C[C@H]1C2. The Morgan fingerprint density at radius 3 is 2.10 bits per heavy atom. The van der Waals surface area contributed by atoms with Crippen LogP contribution in [0.1, 0.15) is 34.1 Å². The summed E-state index contributed by atoms with van der Waals surface area (Å²) in [6.07, 6.45) is 4.43. The summed E-state index contributed by atoms with van der Waals surface area (Å²) in [5.41, 5.74) is -0.440. The van der Waals surface area contributed by atoms with Crippen LogP contribution >= 0.6 is 7.60 Å². The van der Waals surface area contributed by atoms with Crippen LogP contribution in [0.5, 0.6) is 0 Å². The van der Waals surface area contributed by atoms with Gasteiger partial charge in [-0.2, -0.15) is 0 Å². The fourth-order valence-electron chi connectivity index (χ4n) is 3.43. The number of carbonyl (C=O) groups is 1. The molecule has 21 heavy (non-hydrogen) atoms. The van der Waals surface area contributed by atoms with Crippen molar-refractivity contribution in [1.29, 1.82) is 0 Å². The number of rotatable bonds is 6. The monoisotopic (exact) mass is 316 g/mol. The van der Waals surface area contributed by atoms with Gasteiger partial charge in [-0.15, -0.1) is 0 Å². The number of carbonyl (C=O) groups excluding carboxylic acids is 1. The van der Waals surface area contributed by atoms with Crippen molar-refractivity contribution in [2.24, 2.45) is 17.8 Å². The lowest BCUT2D eigenvalue weighted by molar-refractivity contribution is -0.146. The third-order valence-electron chi connectivity index (χ3n) is 3.97. The van der Waals surface area contributed by atoms with Gasteiger partial charge in [-0.25, -0.2) is 0 Å². The molecule has 0 heterocycles. The lowest BCUT2D eigenvalue weighted by atomic mass is 9.93. The minimum absolute atomic E-state index is 0.0578. The maximum Gasteiger partial charge on any atom is 0.335 e. The van der Waals surface area contributed by atoms with Crippen molar-refractivity contribution in [2.75, 3.05) is 7.11 Å². The molecule has 0 saturated heterocycles. The molecule has 0 amide bonds. The molecule has 2 aliphatic carbocycles. The summed E-state index contributed by atoms with van der Waals surface area (Å²) in [7, 11) is -2.03. The van der Waals surface area contributed by atoms with Gasteiger partial charge in [0.05, 0.1) is 30.9 Å². The Morgan fingerprint density at radius 2 is 1.62 bits per heavy atom. The van der Waals surface area contributed by atoms with E-state index in [-0.39, 0.29) is 30.0 Å². The Labute approximate surface area is 126 Å². The topological polar surface area (TPSA) is 61.8 Å². The molecule has 6 heteroatoms. The van der Waals surface area contributed by atoms with Gasteiger partial charge < -0.3 is 13.8 Å². The highest BCUT2D eigenvalue weighted by atomic mass is 31.2. The average Bonchev–Trinajstić information content (AvgIpc) is 2.95. The number of hydrogen-bond acceptors (Lipinski definition) is 5. The summed E-state index contributed by atoms with van der Waals surface area (Å²) in [4.78, 5) is 12.1. The van der Waals surface area contributed by atoms with E-state index in [1.54, 1.807) is 0 Å². The Kier molecular flexibility index (Phi) is 4.96. The minimum atomic E-state index is -3.40. The first-order valence-electron chi connectivity index (χ1n) is 7.51. The van der Waals surface area contributed by atoms with Crippen LogP contribution < -0.4 is 0 Å². The maximum atomic E-state index is 13.4. The molecule has 0 spiro atoms. The average molecular weight is 316 g/mol. The highest BCUT2D eigenvalue weighted by Crippen LogP contribution is 2.66. The summed E-state index contributed by atoms with van der Waals surface area (Å²) >= 11 is 0. The second kappa shape index (κ2) is 6.23. The van der Waals surface area contributed by atoms with E-state index in [2.05, 4.69) is 0 Å². The fraction of sp³-hybridized carbons (Fsp3) is 0.800. The van der Waals surface area contributed by atoms with Gasteiger partial charge in [-0.1, -0.05) is 12.2 Å². The third kappa shape index (κ3) is 3.25. The van der Waals surface area contributed by atoms with Crippen LogP contribution in [0.15, 0.2) is 12.2 Å². The van der Waals surface area contributed by atoms with Crippen molar-refractivity contribution in [2.45, 2.75) is 52.0 Å². The van der Waals surface area contributed by atoms with E-state index < -0.39 is 19.2 Å². The van der Waals surface area contributed by atoms with E-state index in [9.17, 15) is 9.36 Å². The van der Waals surface area contributed by atoms with Gasteiger partial charge in [0.25, 0.3) is 0 Å². The predicted octanol–water partition coefficient (Wildman–Crippen LogP) is 3.39. The number of methoxy groups -OCH3 is 1. The molecule has 2 rings (SSSR count). The second-order valence-electron chi connectivity index (χ2n) is 6.34. The van der Waals surface area contributed by atoms with E-state index >= 15 is 0 Å². The Hall–Kier alpha value is -0.640. The van der Waals surface area contributed by atoms with Crippen LogP contribution in [0.2, 0.25) is 0 Å². The number of hydrogen-bond donors (Lipinski definition) is 0. The highest BCUT2D eigenvalue weighted by Gasteiger charge is 2.58. The van der Waals surface area contributed by atoms with Gasteiger partial charge in [0.1, 0.15) is 0 Å². The lowest BCUT2D eigenvalue weighted by Crippen LogP contribution is -2.35. The van der Waals surface area contributed by atoms with Crippen molar-refractivity contribution in [3.05, 3.63) is 12.2 Å². The molecule has 0 radical (unpaired) electrons. The van der Waals surface area contributed by atoms with Crippen molar-refractivity contribution >= 4 is 13.6 Å². The fourth-order valence-corrected chi connectivity index (χ4v) is 6.36. The number of fused-ring (bicyclic) bond motifs is 2. The third-order valence-corrected chi connectivity index (χ3v) is 6.84. The Balaban J connectivity index is 2.35. The summed E-state index contributed by atoms with van der Waals surface area (Å²) < 4.78 is 29.7. The molecule has 0 aromatic heterocycles. The normalized spacial score (nSPS) is 31.4. The summed E-state index contributed by atoms with van der Waals surface area (Å²) in [5, 5.41) is 0. The van der Waals surface area contributed by atoms with Gasteiger partial charge in [0, 0.05) is 0 Å². The Bertz CT molecular complexity index is 457. The molecular weight excluding hydrogens is 291 g/mol. The van der Waals surface area contributed by atoms with Gasteiger partial charge in [0.2, 0.25) is 0 Å². The maximum absolute atomic E-state index is 13.4. The van der Waals surface area contributed by atoms with Gasteiger partial charge in [0.15, 0.2) is 0 Å². The van der Waals surface area contributed by atoms with Crippen LogP contribution in [0, 0.1) is 17.8 Å². The molecule has 0 aromatic rings. The zero-order valence-electron chi connectivity index (χ0n) is 13.3. The molecular formula is C15H25O5P. The first kappa shape index (κ1) is 16.7. The molecule has 120 valence electrons. The molecule has 5 nitrogen and oxygen atoms in total. The molecule has 0 aromatic carbocycles. The minimum Gasteiger partial charge on any atom is -0.469 e. The predicted molar refractivity (Wildman–Crippen MR) is 80.1 cm³/mol. The van der Waals surface area contributed by atoms with Crippen LogP contribution in [0.4, 0.5) is 0 Å². The molecule has 2 aliphatic rings. The molecule has 0 N–H and O–H groups in total. The number of esters is 1. The largest absolute Gasteiger partial charge is 0.469 e. The zero-order chi connectivity index (χ0) is 15.8. The first-order chi connectivity index (χ1) is 9.78. The van der Waals surface area contributed by atoms with Crippen molar-refractivity contribution in [1.82, 2.24) is 0 Å². The number of ether oxygens (including phenoxy) is 1. The molecule has 1 fully saturated rings. The van der Waals surface area contributed by atoms with Gasteiger partial charge in [-0.05, 0) is 46.0 Å². The highest BCUT2D eigenvalue weighted by molar-refractivity contribution is 7.54. The van der Waals surface area contributed by atoms with E-state index in [4.69, 9.17) is 13.8 Å². The van der Waals surface area contributed by atoms with Crippen LogP contribution in [-0.4, -0.2) is 30.9 Å². The number of allylic oxidation sites excluding steroid dienone is 2. The lowest BCUT2D eigenvalue weighted by Gasteiger charge is -2.34. The summed E-state index contributed by atoms with van der Waals surface area (Å²) in [6.45, 7) is 7.30. The van der Waals surface area contributed by atoms with Gasteiger partial charge >= 0.3 is 13.6 Å². The molecule has 4 atom stereocenters. The summed E-state index contributed by atoms with van der Waals surface area (Å²) in [6, 6.07) is 0. The molecule has 1 saturated carbocycles. The first-order valence-corrected chi connectivity index (χ1v) is 9.12. The molecule has 2 bridgehead atoms. The van der Waals surface area contributed by atoms with Crippen LogP contribution in [-0.2, 0) is 23.1 Å². The smallest absolute Gasteiger partial charge is 0.335 e. The van der Waals surface area contributed by atoms with Gasteiger partial charge in [-0.3, -0.25) is 9.36 Å². The van der Waals surface area contributed by atoms with Crippen LogP contribution in [0.3, 0.4) is 0 Å². The van der Waals surface area contributed by atoms with E-state index in [1.807, 2.05) is 39.8 Å². The van der Waals surface area contributed by atoms with E-state index in [1.165, 1.54) is 7.11 Å².